The number of nitrogens with zero attached hydrogens (tertiary/aromatic N) is 3. The van der Waals surface area contributed by atoms with Gasteiger partial charge in [0.1, 0.15) is 0 Å². The van der Waals surface area contributed by atoms with Gasteiger partial charge in [0.25, 0.3) is 5.69 Å². The molecule has 1 saturated heterocycles. The molecular weight excluding hydrogens is 413 g/mol. The van der Waals surface area contributed by atoms with Crippen LogP contribution in [0.2, 0.25) is 10.0 Å². The first kappa shape index (κ1) is 19.9. The summed E-state index contributed by atoms with van der Waals surface area (Å²) >= 11 is 11.8. The van der Waals surface area contributed by atoms with Crippen LogP contribution in [0, 0.1) is 10.1 Å². The van der Waals surface area contributed by atoms with E-state index in [-0.39, 0.29) is 11.4 Å². The van der Waals surface area contributed by atoms with Gasteiger partial charge >= 0.3 is 0 Å². The maximum atomic E-state index is 12.7. The maximum Gasteiger partial charge on any atom is 0.269 e. The Morgan fingerprint density at radius 3 is 2.15 bits per heavy atom. The van der Waals surface area contributed by atoms with Gasteiger partial charge in [-0.2, -0.15) is 4.31 Å². The molecule has 0 atom stereocenters. The van der Waals surface area contributed by atoms with Crippen molar-refractivity contribution < 1.29 is 13.3 Å². The van der Waals surface area contributed by atoms with Gasteiger partial charge in [0, 0.05) is 44.0 Å². The Morgan fingerprint density at radius 2 is 1.59 bits per heavy atom. The predicted molar refractivity (Wildman–Crippen MR) is 106 cm³/mol. The highest BCUT2D eigenvalue weighted by Gasteiger charge is 2.27. The Morgan fingerprint density at radius 1 is 0.963 bits per heavy atom. The lowest BCUT2D eigenvalue weighted by Gasteiger charge is -2.35. The molecule has 10 heteroatoms. The van der Waals surface area contributed by atoms with Gasteiger partial charge in [0.05, 0.1) is 20.7 Å². The number of nitro benzene ring substituents is 1. The number of benzene rings is 2. The van der Waals surface area contributed by atoms with Crippen LogP contribution in [-0.4, -0.2) is 43.8 Å². The van der Waals surface area contributed by atoms with Gasteiger partial charge in [-0.1, -0.05) is 29.3 Å². The van der Waals surface area contributed by atoms with Crippen molar-refractivity contribution in [1.82, 2.24) is 4.31 Å². The van der Waals surface area contributed by atoms with E-state index in [1.165, 1.54) is 16.4 Å². The molecule has 144 valence electrons. The van der Waals surface area contributed by atoms with E-state index in [1.807, 2.05) is 4.90 Å². The van der Waals surface area contributed by atoms with Gasteiger partial charge in [-0.05, 0) is 29.8 Å². The van der Waals surface area contributed by atoms with Crippen molar-refractivity contribution in [3.8, 4) is 0 Å². The van der Waals surface area contributed by atoms with Gasteiger partial charge in [-0.3, -0.25) is 10.1 Å². The number of rotatable bonds is 5. The number of hydrogen-bond acceptors (Lipinski definition) is 5. The fourth-order valence-corrected chi connectivity index (χ4v) is 4.76. The Bertz CT molecular complexity index is 943. The fraction of sp³-hybridized carbons (Fsp3) is 0.294. The summed E-state index contributed by atoms with van der Waals surface area (Å²) in [5.74, 6) is -0.137. The number of sulfonamides is 1. The minimum Gasteiger partial charge on any atom is -0.369 e. The summed E-state index contributed by atoms with van der Waals surface area (Å²) in [4.78, 5) is 12.3. The quantitative estimate of drug-likeness (QED) is 0.535. The molecular formula is C17H17Cl2N3O4S. The van der Waals surface area contributed by atoms with Crippen molar-refractivity contribution in [2.24, 2.45) is 0 Å². The molecule has 2 aromatic rings. The SMILES string of the molecule is O=[N+]([O-])c1ccc(N2CCN(S(=O)(=O)Cc3ccc(Cl)c(Cl)c3)CC2)cc1. The molecule has 1 fully saturated rings. The van der Waals surface area contributed by atoms with E-state index in [4.69, 9.17) is 23.2 Å². The van der Waals surface area contributed by atoms with E-state index < -0.39 is 14.9 Å². The summed E-state index contributed by atoms with van der Waals surface area (Å²) in [6, 6.07) is 11.1. The number of halogens is 2. The molecule has 1 aliphatic heterocycles. The molecule has 0 spiro atoms. The minimum atomic E-state index is -3.47. The second-order valence-corrected chi connectivity index (χ2v) is 8.95. The first-order valence-electron chi connectivity index (χ1n) is 8.17. The number of hydrogen-bond donors (Lipinski definition) is 0. The molecule has 0 unspecified atom stereocenters. The van der Waals surface area contributed by atoms with Crippen LogP contribution >= 0.6 is 23.2 Å². The smallest absolute Gasteiger partial charge is 0.269 e. The second kappa shape index (κ2) is 8.02. The third-order valence-electron chi connectivity index (χ3n) is 4.39. The Kier molecular flexibility index (Phi) is 5.90. The molecule has 3 rings (SSSR count). The second-order valence-electron chi connectivity index (χ2n) is 6.16. The number of nitro groups is 1. The highest BCUT2D eigenvalue weighted by molar-refractivity contribution is 7.88. The van der Waals surface area contributed by atoms with Crippen molar-refractivity contribution in [1.29, 1.82) is 0 Å². The third kappa shape index (κ3) is 4.70. The minimum absolute atomic E-state index is 0.0292. The van der Waals surface area contributed by atoms with Crippen LogP contribution in [0.1, 0.15) is 5.56 Å². The first-order chi connectivity index (χ1) is 12.8. The lowest BCUT2D eigenvalue weighted by molar-refractivity contribution is -0.384. The Balaban J connectivity index is 1.63. The zero-order valence-electron chi connectivity index (χ0n) is 14.2. The van der Waals surface area contributed by atoms with Crippen molar-refractivity contribution in [3.63, 3.8) is 0 Å². The maximum absolute atomic E-state index is 12.7. The average molecular weight is 430 g/mol. The zero-order chi connectivity index (χ0) is 19.6. The molecule has 2 aromatic carbocycles. The van der Waals surface area contributed by atoms with Crippen molar-refractivity contribution in [2.45, 2.75) is 5.75 Å². The van der Waals surface area contributed by atoms with E-state index in [2.05, 4.69) is 0 Å². The van der Waals surface area contributed by atoms with Crippen LogP contribution in [0.15, 0.2) is 42.5 Å². The van der Waals surface area contributed by atoms with Crippen molar-refractivity contribution in [2.75, 3.05) is 31.1 Å². The van der Waals surface area contributed by atoms with Crippen molar-refractivity contribution in [3.05, 3.63) is 68.2 Å². The van der Waals surface area contributed by atoms with Gasteiger partial charge < -0.3 is 4.90 Å². The third-order valence-corrected chi connectivity index (χ3v) is 6.98. The topological polar surface area (TPSA) is 83.8 Å². The molecule has 0 radical (unpaired) electrons. The van der Waals surface area contributed by atoms with Crippen LogP contribution in [0.3, 0.4) is 0 Å². The molecule has 0 N–H and O–H groups in total. The molecule has 0 bridgehead atoms. The summed E-state index contributed by atoms with van der Waals surface area (Å²) in [5.41, 5.74) is 1.45. The van der Waals surface area contributed by atoms with Crippen molar-refractivity contribution >= 4 is 44.6 Å². The normalized spacial score (nSPS) is 15.7. The van der Waals surface area contributed by atoms with E-state index in [0.717, 1.165) is 5.69 Å². The summed E-state index contributed by atoms with van der Waals surface area (Å²) in [5, 5.41) is 11.4. The molecule has 1 heterocycles. The van der Waals surface area contributed by atoms with E-state index in [0.29, 0.717) is 41.8 Å². The van der Waals surface area contributed by atoms with E-state index in [9.17, 15) is 18.5 Å². The molecule has 27 heavy (non-hydrogen) atoms. The molecule has 1 aliphatic rings. The summed E-state index contributed by atoms with van der Waals surface area (Å²) in [6.45, 7) is 1.72. The summed E-state index contributed by atoms with van der Waals surface area (Å²) in [7, 11) is -3.47. The molecule has 7 nitrogen and oxygen atoms in total. The van der Waals surface area contributed by atoms with Crippen LogP contribution < -0.4 is 4.90 Å². The van der Waals surface area contributed by atoms with Gasteiger partial charge in [-0.25, -0.2) is 8.42 Å². The van der Waals surface area contributed by atoms with Crippen LogP contribution in [0.5, 0.6) is 0 Å². The predicted octanol–water partition coefficient (Wildman–Crippen LogP) is 3.55. The number of anilines is 1. The molecule has 0 amide bonds. The number of non-ortho nitro benzene ring substituents is 1. The lowest BCUT2D eigenvalue weighted by Crippen LogP contribution is -2.49. The molecule has 0 saturated carbocycles. The van der Waals surface area contributed by atoms with E-state index in [1.54, 1.807) is 30.3 Å². The van der Waals surface area contributed by atoms with Crippen LogP contribution in [0.25, 0.3) is 0 Å². The largest absolute Gasteiger partial charge is 0.369 e. The molecule has 0 aliphatic carbocycles. The van der Waals surface area contributed by atoms with Gasteiger partial charge in [0.2, 0.25) is 10.0 Å². The van der Waals surface area contributed by atoms with E-state index >= 15 is 0 Å². The van der Waals surface area contributed by atoms with Gasteiger partial charge in [0.15, 0.2) is 0 Å². The lowest BCUT2D eigenvalue weighted by atomic mass is 10.2. The Labute approximate surface area is 167 Å². The van der Waals surface area contributed by atoms with Crippen LogP contribution in [-0.2, 0) is 15.8 Å². The standard InChI is InChI=1S/C17H17Cl2N3O4S/c18-16-6-1-13(11-17(16)19)12-27(25,26)21-9-7-20(8-10-21)14-2-4-15(5-3-14)22(23)24/h1-6,11H,7-10,12H2. The number of piperazine rings is 1. The van der Waals surface area contributed by atoms with Crippen LogP contribution in [0.4, 0.5) is 11.4 Å². The zero-order valence-corrected chi connectivity index (χ0v) is 16.5. The first-order valence-corrected chi connectivity index (χ1v) is 10.5. The summed E-state index contributed by atoms with van der Waals surface area (Å²) in [6.07, 6.45) is 0. The highest BCUT2D eigenvalue weighted by atomic mass is 35.5. The summed E-state index contributed by atoms with van der Waals surface area (Å²) < 4.78 is 26.8. The Hall–Kier alpha value is -1.87. The average Bonchev–Trinajstić information content (AvgIpc) is 2.65. The fourth-order valence-electron chi connectivity index (χ4n) is 2.94. The monoisotopic (exact) mass is 429 g/mol. The highest BCUT2D eigenvalue weighted by Crippen LogP contribution is 2.25. The van der Waals surface area contributed by atoms with Gasteiger partial charge in [-0.15, -0.1) is 0 Å². The molecule has 0 aromatic heterocycles.